The summed E-state index contributed by atoms with van der Waals surface area (Å²) in [5.74, 6) is -0.676. The SMILES string of the molecule is NC(=O)c1cc([N+](=O)[O-])ccc1OCc1ccc(Cl)cc1Cl. The molecule has 0 heterocycles. The summed E-state index contributed by atoms with van der Waals surface area (Å²) in [5, 5.41) is 11.6. The average molecular weight is 341 g/mol. The van der Waals surface area contributed by atoms with E-state index in [1.165, 1.54) is 12.1 Å². The van der Waals surface area contributed by atoms with Crippen molar-refractivity contribution in [3.63, 3.8) is 0 Å². The molecule has 0 bridgehead atoms. The van der Waals surface area contributed by atoms with Gasteiger partial charge in [-0.25, -0.2) is 0 Å². The van der Waals surface area contributed by atoms with Crippen LogP contribution in [0, 0.1) is 10.1 Å². The van der Waals surface area contributed by atoms with Crippen molar-refractivity contribution in [1.82, 2.24) is 0 Å². The minimum atomic E-state index is -0.819. The van der Waals surface area contributed by atoms with E-state index in [4.69, 9.17) is 33.7 Å². The second-order valence-electron chi connectivity index (χ2n) is 4.33. The van der Waals surface area contributed by atoms with Gasteiger partial charge >= 0.3 is 0 Å². The summed E-state index contributed by atoms with van der Waals surface area (Å²) >= 11 is 11.8. The number of ether oxygens (including phenoxy) is 1. The Morgan fingerprint density at radius 1 is 1.23 bits per heavy atom. The van der Waals surface area contributed by atoms with Crippen molar-refractivity contribution in [3.05, 3.63) is 67.7 Å². The summed E-state index contributed by atoms with van der Waals surface area (Å²) in [6.07, 6.45) is 0. The Morgan fingerprint density at radius 2 is 1.95 bits per heavy atom. The first-order valence-electron chi connectivity index (χ1n) is 6.03. The maximum absolute atomic E-state index is 11.4. The zero-order valence-corrected chi connectivity index (χ0v) is 12.6. The summed E-state index contributed by atoms with van der Waals surface area (Å²) in [6.45, 7) is 0.0636. The molecule has 0 saturated carbocycles. The number of nitro benzene ring substituents is 1. The van der Waals surface area contributed by atoms with Crippen molar-refractivity contribution in [2.45, 2.75) is 6.61 Å². The van der Waals surface area contributed by atoms with E-state index in [1.807, 2.05) is 0 Å². The molecule has 0 aliphatic heterocycles. The molecule has 1 amide bonds. The van der Waals surface area contributed by atoms with Gasteiger partial charge in [0.05, 0.1) is 10.5 Å². The van der Waals surface area contributed by atoms with Crippen molar-refractivity contribution in [1.29, 1.82) is 0 Å². The van der Waals surface area contributed by atoms with Crippen molar-refractivity contribution in [2.24, 2.45) is 5.73 Å². The lowest BCUT2D eigenvalue weighted by molar-refractivity contribution is -0.384. The smallest absolute Gasteiger partial charge is 0.270 e. The molecule has 114 valence electrons. The highest BCUT2D eigenvalue weighted by atomic mass is 35.5. The normalized spacial score (nSPS) is 10.3. The third kappa shape index (κ3) is 3.66. The Hall–Kier alpha value is -2.31. The first-order valence-corrected chi connectivity index (χ1v) is 6.79. The lowest BCUT2D eigenvalue weighted by Gasteiger charge is -2.10. The number of benzene rings is 2. The number of carbonyl (C=O) groups is 1. The van der Waals surface area contributed by atoms with Gasteiger partial charge in [0.2, 0.25) is 0 Å². The van der Waals surface area contributed by atoms with Crippen LogP contribution in [0.15, 0.2) is 36.4 Å². The number of carbonyl (C=O) groups excluding carboxylic acids is 1. The number of primary amides is 1. The van der Waals surface area contributed by atoms with Gasteiger partial charge in [-0.2, -0.15) is 0 Å². The molecule has 0 radical (unpaired) electrons. The zero-order valence-electron chi connectivity index (χ0n) is 11.1. The number of non-ortho nitro benzene ring substituents is 1. The van der Waals surface area contributed by atoms with Crippen LogP contribution >= 0.6 is 23.2 Å². The standard InChI is InChI=1S/C14H10Cl2N2O4/c15-9-2-1-8(12(16)5-9)7-22-13-4-3-10(18(20)21)6-11(13)14(17)19/h1-6H,7H2,(H2,17,19). The molecule has 0 aliphatic rings. The molecule has 0 atom stereocenters. The molecule has 2 aromatic rings. The van der Waals surface area contributed by atoms with E-state index in [1.54, 1.807) is 18.2 Å². The number of halogens is 2. The quantitative estimate of drug-likeness (QED) is 0.664. The number of nitrogens with two attached hydrogens (primary N) is 1. The fraction of sp³-hybridized carbons (Fsp3) is 0.0714. The van der Waals surface area contributed by atoms with E-state index >= 15 is 0 Å². The highest BCUT2D eigenvalue weighted by molar-refractivity contribution is 6.35. The third-order valence-corrected chi connectivity index (χ3v) is 3.42. The van der Waals surface area contributed by atoms with Gasteiger partial charge in [-0.15, -0.1) is 0 Å². The number of nitrogens with zero attached hydrogens (tertiary/aromatic N) is 1. The zero-order chi connectivity index (χ0) is 16.3. The Bertz CT molecular complexity index is 750. The van der Waals surface area contributed by atoms with Crippen molar-refractivity contribution >= 4 is 34.8 Å². The van der Waals surface area contributed by atoms with Gasteiger partial charge in [-0.05, 0) is 18.2 Å². The summed E-state index contributed by atoms with van der Waals surface area (Å²) in [5.41, 5.74) is 5.56. The number of rotatable bonds is 5. The highest BCUT2D eigenvalue weighted by Gasteiger charge is 2.16. The lowest BCUT2D eigenvalue weighted by atomic mass is 10.1. The molecule has 0 aromatic heterocycles. The fourth-order valence-electron chi connectivity index (χ4n) is 1.74. The second kappa shape index (κ2) is 6.64. The first kappa shape index (κ1) is 16.1. The van der Waals surface area contributed by atoms with E-state index in [-0.39, 0.29) is 23.6 Å². The van der Waals surface area contributed by atoms with Gasteiger partial charge in [-0.3, -0.25) is 14.9 Å². The van der Waals surface area contributed by atoms with Crippen LogP contribution in [0.2, 0.25) is 10.0 Å². The maximum atomic E-state index is 11.4. The Kier molecular flexibility index (Phi) is 4.85. The molecule has 6 nitrogen and oxygen atoms in total. The molecular weight excluding hydrogens is 331 g/mol. The van der Waals surface area contributed by atoms with Gasteiger partial charge in [-0.1, -0.05) is 29.3 Å². The molecule has 2 rings (SSSR count). The number of hydrogen-bond donors (Lipinski definition) is 1. The number of nitro groups is 1. The minimum absolute atomic E-state index is 0.0636. The van der Waals surface area contributed by atoms with E-state index < -0.39 is 10.8 Å². The summed E-state index contributed by atoms with van der Waals surface area (Å²) < 4.78 is 5.49. The Balaban J connectivity index is 2.25. The molecule has 0 spiro atoms. The van der Waals surface area contributed by atoms with E-state index in [2.05, 4.69) is 0 Å². The van der Waals surface area contributed by atoms with Crippen molar-refractivity contribution < 1.29 is 14.5 Å². The van der Waals surface area contributed by atoms with Gasteiger partial charge in [0.15, 0.2) is 0 Å². The second-order valence-corrected chi connectivity index (χ2v) is 5.17. The molecular formula is C14H10Cl2N2O4. The molecule has 0 saturated heterocycles. The summed E-state index contributed by atoms with van der Waals surface area (Å²) in [6, 6.07) is 8.51. The largest absolute Gasteiger partial charge is 0.488 e. The van der Waals surface area contributed by atoms with Crippen molar-refractivity contribution in [3.8, 4) is 5.75 Å². The van der Waals surface area contributed by atoms with E-state index in [9.17, 15) is 14.9 Å². The van der Waals surface area contributed by atoms with Crippen LogP contribution < -0.4 is 10.5 Å². The molecule has 8 heteroatoms. The van der Waals surface area contributed by atoms with Crippen LogP contribution in [0.4, 0.5) is 5.69 Å². The van der Waals surface area contributed by atoms with E-state index in [0.717, 1.165) is 6.07 Å². The van der Waals surface area contributed by atoms with Gasteiger partial charge in [0.25, 0.3) is 11.6 Å². The van der Waals surface area contributed by atoms with Crippen LogP contribution in [0.5, 0.6) is 5.75 Å². The number of hydrogen-bond acceptors (Lipinski definition) is 4. The maximum Gasteiger partial charge on any atom is 0.270 e. The average Bonchev–Trinajstić information content (AvgIpc) is 2.46. The van der Waals surface area contributed by atoms with E-state index in [0.29, 0.717) is 15.6 Å². The monoisotopic (exact) mass is 340 g/mol. The van der Waals surface area contributed by atoms with Gasteiger partial charge in [0, 0.05) is 27.7 Å². The Morgan fingerprint density at radius 3 is 2.55 bits per heavy atom. The predicted octanol–water partition coefficient (Wildman–Crippen LogP) is 3.58. The molecule has 0 aliphatic carbocycles. The van der Waals surface area contributed by atoms with Crippen LogP contribution in [0.25, 0.3) is 0 Å². The number of amides is 1. The first-order chi connectivity index (χ1) is 10.4. The minimum Gasteiger partial charge on any atom is -0.488 e. The topological polar surface area (TPSA) is 95.5 Å². The van der Waals surface area contributed by atoms with Crippen LogP contribution in [0.3, 0.4) is 0 Å². The fourth-order valence-corrected chi connectivity index (χ4v) is 2.21. The van der Waals surface area contributed by atoms with Crippen LogP contribution in [0.1, 0.15) is 15.9 Å². The van der Waals surface area contributed by atoms with Crippen LogP contribution in [-0.2, 0) is 6.61 Å². The third-order valence-electron chi connectivity index (χ3n) is 2.84. The summed E-state index contributed by atoms with van der Waals surface area (Å²) in [4.78, 5) is 21.5. The van der Waals surface area contributed by atoms with Gasteiger partial charge in [0.1, 0.15) is 12.4 Å². The van der Waals surface area contributed by atoms with Crippen molar-refractivity contribution in [2.75, 3.05) is 0 Å². The highest BCUT2D eigenvalue weighted by Crippen LogP contribution is 2.26. The van der Waals surface area contributed by atoms with Gasteiger partial charge < -0.3 is 10.5 Å². The lowest BCUT2D eigenvalue weighted by Crippen LogP contribution is -2.13. The molecule has 2 N–H and O–H groups in total. The molecule has 0 fully saturated rings. The molecule has 2 aromatic carbocycles. The molecule has 0 unspecified atom stereocenters. The molecule has 22 heavy (non-hydrogen) atoms. The Labute approximate surface area is 135 Å². The summed E-state index contributed by atoms with van der Waals surface area (Å²) in [7, 11) is 0. The predicted molar refractivity (Wildman–Crippen MR) is 82.4 cm³/mol. The van der Waals surface area contributed by atoms with Crippen LogP contribution in [-0.4, -0.2) is 10.8 Å².